The molecule has 0 atom stereocenters. The van der Waals surface area contributed by atoms with Crippen molar-refractivity contribution in [3.05, 3.63) is 94.5 Å². The lowest BCUT2D eigenvalue weighted by Crippen LogP contribution is -2.00. The SMILES string of the molecule is O=C(c1ccc(Br)cc1)c1ccc(Oc2ccccc2)cc1. The summed E-state index contributed by atoms with van der Waals surface area (Å²) in [5.74, 6) is 1.48. The fraction of sp³-hybridized carbons (Fsp3) is 0. The van der Waals surface area contributed by atoms with Gasteiger partial charge >= 0.3 is 0 Å². The number of halogens is 1. The molecule has 3 rings (SSSR count). The van der Waals surface area contributed by atoms with Gasteiger partial charge in [0.1, 0.15) is 11.5 Å². The fourth-order valence-electron chi connectivity index (χ4n) is 2.07. The number of hydrogen-bond acceptors (Lipinski definition) is 2. The molecule has 0 N–H and O–H groups in total. The molecule has 3 aromatic carbocycles. The van der Waals surface area contributed by atoms with E-state index in [4.69, 9.17) is 4.74 Å². The first kappa shape index (κ1) is 14.5. The van der Waals surface area contributed by atoms with Gasteiger partial charge in [0.2, 0.25) is 0 Å². The van der Waals surface area contributed by atoms with E-state index >= 15 is 0 Å². The van der Waals surface area contributed by atoms with Crippen molar-refractivity contribution in [3.8, 4) is 11.5 Å². The summed E-state index contributed by atoms with van der Waals surface area (Å²) in [7, 11) is 0. The minimum atomic E-state index is -0.00115. The van der Waals surface area contributed by atoms with E-state index in [2.05, 4.69) is 15.9 Å². The van der Waals surface area contributed by atoms with Gasteiger partial charge in [-0.3, -0.25) is 4.79 Å². The second-order valence-corrected chi connectivity index (χ2v) is 5.69. The lowest BCUT2D eigenvalue weighted by Gasteiger charge is -2.06. The molecule has 0 heterocycles. The standard InChI is InChI=1S/C19H13BrO2/c20-16-10-6-14(7-11-16)19(21)15-8-12-18(13-9-15)22-17-4-2-1-3-5-17/h1-13H. The van der Waals surface area contributed by atoms with E-state index < -0.39 is 0 Å². The second kappa shape index (κ2) is 6.58. The van der Waals surface area contributed by atoms with Crippen LogP contribution < -0.4 is 4.74 Å². The van der Waals surface area contributed by atoms with Crippen LogP contribution in [0, 0.1) is 0 Å². The first-order valence-corrected chi connectivity index (χ1v) is 7.65. The number of hydrogen-bond donors (Lipinski definition) is 0. The molecule has 3 aromatic rings. The van der Waals surface area contributed by atoms with Crippen molar-refractivity contribution >= 4 is 21.7 Å². The third-order valence-corrected chi connectivity index (χ3v) is 3.73. The van der Waals surface area contributed by atoms with Crippen molar-refractivity contribution in [1.29, 1.82) is 0 Å². The van der Waals surface area contributed by atoms with Gasteiger partial charge in [0.05, 0.1) is 0 Å². The molecule has 0 radical (unpaired) electrons. The Hall–Kier alpha value is -2.39. The Balaban J connectivity index is 1.76. The first-order valence-electron chi connectivity index (χ1n) is 6.85. The average molecular weight is 353 g/mol. The molecule has 0 aliphatic rings. The van der Waals surface area contributed by atoms with Gasteiger partial charge in [0.25, 0.3) is 0 Å². The monoisotopic (exact) mass is 352 g/mol. The molecular weight excluding hydrogens is 340 g/mol. The van der Waals surface area contributed by atoms with Crippen LogP contribution in [0.2, 0.25) is 0 Å². The van der Waals surface area contributed by atoms with Gasteiger partial charge in [-0.2, -0.15) is 0 Å². The zero-order chi connectivity index (χ0) is 15.4. The summed E-state index contributed by atoms with van der Waals surface area (Å²) >= 11 is 3.36. The summed E-state index contributed by atoms with van der Waals surface area (Å²) < 4.78 is 6.67. The summed E-state index contributed by atoms with van der Waals surface area (Å²) in [5.41, 5.74) is 1.31. The predicted octanol–water partition coefficient (Wildman–Crippen LogP) is 5.47. The van der Waals surface area contributed by atoms with E-state index in [0.29, 0.717) is 16.9 Å². The molecule has 0 aliphatic heterocycles. The number of carbonyl (C=O) groups excluding carboxylic acids is 1. The highest BCUT2D eigenvalue weighted by molar-refractivity contribution is 9.10. The fourth-order valence-corrected chi connectivity index (χ4v) is 2.33. The zero-order valence-corrected chi connectivity index (χ0v) is 13.3. The van der Waals surface area contributed by atoms with Gasteiger partial charge in [-0.15, -0.1) is 0 Å². The number of rotatable bonds is 4. The molecule has 3 heteroatoms. The third kappa shape index (κ3) is 3.43. The molecule has 0 aliphatic carbocycles. The average Bonchev–Trinajstić information content (AvgIpc) is 2.57. The summed E-state index contributed by atoms with van der Waals surface area (Å²) in [6.07, 6.45) is 0. The van der Waals surface area contributed by atoms with Crippen LogP contribution in [-0.4, -0.2) is 5.78 Å². The highest BCUT2D eigenvalue weighted by Gasteiger charge is 2.09. The quantitative estimate of drug-likeness (QED) is 0.581. The maximum Gasteiger partial charge on any atom is 0.193 e. The summed E-state index contributed by atoms with van der Waals surface area (Å²) in [4.78, 5) is 12.4. The number of carbonyl (C=O) groups is 1. The van der Waals surface area contributed by atoms with Gasteiger partial charge in [-0.1, -0.05) is 34.1 Å². The smallest absolute Gasteiger partial charge is 0.193 e. The van der Waals surface area contributed by atoms with Gasteiger partial charge in [0, 0.05) is 15.6 Å². The van der Waals surface area contributed by atoms with Crippen LogP contribution in [0.5, 0.6) is 11.5 Å². The molecule has 0 fully saturated rings. The Bertz CT molecular complexity index is 763. The lowest BCUT2D eigenvalue weighted by molar-refractivity contribution is 0.103. The van der Waals surface area contributed by atoms with Crippen molar-refractivity contribution in [1.82, 2.24) is 0 Å². The Kier molecular flexibility index (Phi) is 4.35. The van der Waals surface area contributed by atoms with Gasteiger partial charge in [0.15, 0.2) is 5.78 Å². The second-order valence-electron chi connectivity index (χ2n) is 4.78. The minimum Gasteiger partial charge on any atom is -0.457 e. The predicted molar refractivity (Wildman–Crippen MR) is 90.5 cm³/mol. The Morgan fingerprint density at radius 2 is 1.18 bits per heavy atom. The van der Waals surface area contributed by atoms with Crippen LogP contribution in [0.3, 0.4) is 0 Å². The van der Waals surface area contributed by atoms with Gasteiger partial charge < -0.3 is 4.74 Å². The highest BCUT2D eigenvalue weighted by atomic mass is 79.9. The van der Waals surface area contributed by atoms with Crippen LogP contribution in [-0.2, 0) is 0 Å². The normalized spacial score (nSPS) is 10.2. The number of para-hydroxylation sites is 1. The molecule has 22 heavy (non-hydrogen) atoms. The van der Waals surface area contributed by atoms with Crippen LogP contribution in [0.15, 0.2) is 83.3 Å². The molecular formula is C19H13BrO2. The van der Waals surface area contributed by atoms with E-state index in [-0.39, 0.29) is 5.78 Å². The molecule has 0 saturated heterocycles. The maximum atomic E-state index is 12.4. The van der Waals surface area contributed by atoms with Crippen molar-refractivity contribution < 1.29 is 9.53 Å². The zero-order valence-electron chi connectivity index (χ0n) is 11.7. The van der Waals surface area contributed by atoms with Crippen LogP contribution >= 0.6 is 15.9 Å². The van der Waals surface area contributed by atoms with Crippen molar-refractivity contribution in [3.63, 3.8) is 0 Å². The van der Waals surface area contributed by atoms with Gasteiger partial charge in [-0.05, 0) is 60.7 Å². The summed E-state index contributed by atoms with van der Waals surface area (Å²) in [6.45, 7) is 0. The van der Waals surface area contributed by atoms with E-state index in [1.807, 2.05) is 42.5 Å². The highest BCUT2D eigenvalue weighted by Crippen LogP contribution is 2.22. The maximum absolute atomic E-state index is 12.4. The van der Waals surface area contributed by atoms with E-state index in [0.717, 1.165) is 10.2 Å². The molecule has 0 saturated carbocycles. The molecule has 108 valence electrons. The Morgan fingerprint density at radius 1 is 0.682 bits per heavy atom. The molecule has 0 bridgehead atoms. The van der Waals surface area contributed by atoms with Crippen molar-refractivity contribution in [2.45, 2.75) is 0 Å². The van der Waals surface area contributed by atoms with Crippen molar-refractivity contribution in [2.75, 3.05) is 0 Å². The number of ketones is 1. The van der Waals surface area contributed by atoms with Gasteiger partial charge in [-0.25, -0.2) is 0 Å². The molecule has 0 amide bonds. The largest absolute Gasteiger partial charge is 0.457 e. The van der Waals surface area contributed by atoms with E-state index in [1.165, 1.54) is 0 Å². The number of benzene rings is 3. The lowest BCUT2D eigenvalue weighted by atomic mass is 10.0. The molecule has 0 aromatic heterocycles. The Morgan fingerprint density at radius 3 is 1.77 bits per heavy atom. The Labute approximate surface area is 137 Å². The third-order valence-electron chi connectivity index (χ3n) is 3.20. The van der Waals surface area contributed by atoms with Crippen molar-refractivity contribution in [2.24, 2.45) is 0 Å². The molecule has 0 spiro atoms. The summed E-state index contributed by atoms with van der Waals surface area (Å²) in [6, 6.07) is 24.1. The molecule has 2 nitrogen and oxygen atoms in total. The first-order chi connectivity index (χ1) is 10.7. The molecule has 0 unspecified atom stereocenters. The summed E-state index contributed by atoms with van der Waals surface area (Å²) in [5, 5.41) is 0. The van der Waals surface area contributed by atoms with E-state index in [9.17, 15) is 4.79 Å². The van der Waals surface area contributed by atoms with Crippen LogP contribution in [0.4, 0.5) is 0 Å². The van der Waals surface area contributed by atoms with Crippen LogP contribution in [0.25, 0.3) is 0 Å². The van der Waals surface area contributed by atoms with Crippen LogP contribution in [0.1, 0.15) is 15.9 Å². The topological polar surface area (TPSA) is 26.3 Å². The number of ether oxygens (including phenoxy) is 1. The van der Waals surface area contributed by atoms with E-state index in [1.54, 1.807) is 36.4 Å². The minimum absolute atomic E-state index is 0.00115.